The molecule has 0 fully saturated rings. The Hall–Kier alpha value is -2.34. The van der Waals surface area contributed by atoms with Crippen LogP contribution < -0.4 is 0 Å². The lowest BCUT2D eigenvalue weighted by Crippen LogP contribution is -2.22. The van der Waals surface area contributed by atoms with Gasteiger partial charge in [-0.05, 0) is 24.1 Å². The fraction of sp³-hybridized carbons (Fsp3) is 0.429. The topological polar surface area (TPSA) is 76.6 Å². The molecule has 0 unspecified atom stereocenters. The van der Waals surface area contributed by atoms with Crippen LogP contribution in [0.1, 0.15) is 24.8 Å². The van der Waals surface area contributed by atoms with Gasteiger partial charge in [-0.25, -0.2) is 15.0 Å². The molecule has 3 rings (SSSR count). The van der Waals surface area contributed by atoms with Gasteiger partial charge in [-0.2, -0.15) is 5.26 Å². The Kier molecular flexibility index (Phi) is 6.95. The van der Waals surface area contributed by atoms with Crippen molar-refractivity contribution in [3.8, 4) is 16.6 Å². The van der Waals surface area contributed by atoms with E-state index in [-0.39, 0.29) is 0 Å². The van der Waals surface area contributed by atoms with Crippen LogP contribution in [0.4, 0.5) is 0 Å². The summed E-state index contributed by atoms with van der Waals surface area (Å²) in [5, 5.41) is 10.9. The second-order valence-electron chi connectivity index (χ2n) is 8.17. The molecule has 0 aliphatic carbocycles. The average Bonchev–Trinajstić information content (AvgIpc) is 3.32. The van der Waals surface area contributed by atoms with Crippen LogP contribution in [-0.4, -0.2) is 34.2 Å². The molecule has 0 atom stereocenters. The average molecular weight is 426 g/mol. The highest BCUT2D eigenvalue weighted by Gasteiger charge is 2.15. The third kappa shape index (κ3) is 5.38. The van der Waals surface area contributed by atoms with Crippen LogP contribution in [0.2, 0.25) is 25.7 Å². The molecule has 6 nitrogen and oxygen atoms in total. The van der Waals surface area contributed by atoms with Crippen molar-refractivity contribution >= 4 is 36.0 Å². The summed E-state index contributed by atoms with van der Waals surface area (Å²) in [6, 6.07) is 5.31. The van der Waals surface area contributed by atoms with Gasteiger partial charge in [-0.3, -0.25) is 0 Å². The maximum absolute atomic E-state index is 9.04. The second kappa shape index (κ2) is 9.44. The van der Waals surface area contributed by atoms with Crippen molar-refractivity contribution in [2.24, 2.45) is 0 Å². The van der Waals surface area contributed by atoms with E-state index in [0.29, 0.717) is 6.73 Å². The molecule has 0 N–H and O–H groups in total. The molecule has 0 aliphatic heterocycles. The van der Waals surface area contributed by atoms with Gasteiger partial charge in [0.1, 0.15) is 23.7 Å². The Labute approximate surface area is 176 Å². The molecule has 0 radical (unpaired) electrons. The van der Waals surface area contributed by atoms with Crippen LogP contribution in [0.3, 0.4) is 0 Å². The Morgan fingerprint density at radius 1 is 1.31 bits per heavy atom. The summed E-state index contributed by atoms with van der Waals surface area (Å²) in [6.07, 6.45) is 8.83. The third-order valence-electron chi connectivity index (χ3n) is 4.55. The number of aromatic nitrogens is 4. The van der Waals surface area contributed by atoms with Crippen molar-refractivity contribution in [2.45, 2.75) is 52.2 Å². The molecule has 0 spiro atoms. The Morgan fingerprint density at radius 3 is 2.86 bits per heavy atom. The highest BCUT2D eigenvalue weighted by molar-refractivity contribution is 7.16. The van der Waals surface area contributed by atoms with E-state index >= 15 is 0 Å². The standard InChI is InChI=1S/C21H27N5OSSi/c1-5-6-16(7-9-22)21-23-13-18(28-21)19-17-8-10-26(20(17)25-14-24-19)15-27-11-12-29(2,3)4/h7-8,10,13-14H,5-6,11-12,15H2,1-4H3/b16-7+. The van der Waals surface area contributed by atoms with E-state index in [1.807, 2.05) is 23.0 Å². The summed E-state index contributed by atoms with van der Waals surface area (Å²) in [7, 11) is -1.10. The molecule has 0 aliphatic rings. The van der Waals surface area contributed by atoms with Crippen molar-refractivity contribution in [1.82, 2.24) is 19.5 Å². The fourth-order valence-electron chi connectivity index (χ4n) is 2.97. The molecule has 0 saturated carbocycles. The summed E-state index contributed by atoms with van der Waals surface area (Å²) >= 11 is 1.57. The minimum Gasteiger partial charge on any atom is -0.361 e. The number of hydrogen-bond acceptors (Lipinski definition) is 6. The van der Waals surface area contributed by atoms with Gasteiger partial charge in [-0.1, -0.05) is 33.0 Å². The lowest BCUT2D eigenvalue weighted by molar-refractivity contribution is 0.0899. The first-order chi connectivity index (χ1) is 13.9. The first-order valence-corrected chi connectivity index (χ1v) is 14.4. The first-order valence-electron chi connectivity index (χ1n) is 9.85. The number of nitriles is 1. The lowest BCUT2D eigenvalue weighted by Gasteiger charge is -2.15. The Balaban J connectivity index is 1.82. The van der Waals surface area contributed by atoms with Gasteiger partial charge < -0.3 is 9.30 Å². The van der Waals surface area contributed by atoms with Crippen molar-refractivity contribution in [3.05, 3.63) is 35.9 Å². The van der Waals surface area contributed by atoms with Gasteiger partial charge in [0.2, 0.25) is 0 Å². The van der Waals surface area contributed by atoms with Crippen LogP contribution in [0.15, 0.2) is 30.9 Å². The SMILES string of the molecule is CCC/C(=C\C#N)c1ncc(-c2ncnc3c2ccn3COCC[Si](C)(C)C)s1. The van der Waals surface area contributed by atoms with Gasteiger partial charge in [-0.15, -0.1) is 11.3 Å². The predicted octanol–water partition coefficient (Wildman–Crippen LogP) is 5.57. The predicted molar refractivity (Wildman–Crippen MR) is 121 cm³/mol. The van der Waals surface area contributed by atoms with Crippen molar-refractivity contribution in [3.63, 3.8) is 0 Å². The molecule has 3 heterocycles. The van der Waals surface area contributed by atoms with Crippen LogP contribution >= 0.6 is 11.3 Å². The van der Waals surface area contributed by atoms with Gasteiger partial charge in [0.25, 0.3) is 0 Å². The maximum atomic E-state index is 9.04. The van der Waals surface area contributed by atoms with E-state index in [9.17, 15) is 0 Å². The number of ether oxygens (including phenoxy) is 1. The fourth-order valence-corrected chi connectivity index (χ4v) is 4.69. The zero-order chi connectivity index (χ0) is 20.9. The van der Waals surface area contributed by atoms with Gasteiger partial charge >= 0.3 is 0 Å². The minimum atomic E-state index is -1.10. The summed E-state index contributed by atoms with van der Waals surface area (Å²) in [4.78, 5) is 14.5. The molecule has 3 aromatic rings. The summed E-state index contributed by atoms with van der Waals surface area (Å²) < 4.78 is 7.91. The zero-order valence-electron chi connectivity index (χ0n) is 17.5. The molecular weight excluding hydrogens is 398 g/mol. The van der Waals surface area contributed by atoms with E-state index in [2.05, 4.69) is 47.6 Å². The Bertz CT molecular complexity index is 1040. The van der Waals surface area contributed by atoms with Crippen LogP contribution in [0.5, 0.6) is 0 Å². The molecule has 3 aromatic heterocycles. The summed E-state index contributed by atoms with van der Waals surface area (Å²) in [5.74, 6) is 0. The normalized spacial score (nSPS) is 12.4. The van der Waals surface area contributed by atoms with Crippen LogP contribution in [0, 0.1) is 11.3 Å². The molecular formula is C21H27N5OSSi. The number of fused-ring (bicyclic) bond motifs is 1. The summed E-state index contributed by atoms with van der Waals surface area (Å²) in [5.41, 5.74) is 2.71. The molecule has 8 heteroatoms. The van der Waals surface area contributed by atoms with E-state index in [1.165, 1.54) is 0 Å². The molecule has 0 saturated heterocycles. The van der Waals surface area contributed by atoms with Crippen molar-refractivity contribution in [2.75, 3.05) is 6.61 Å². The smallest absolute Gasteiger partial charge is 0.145 e. The monoisotopic (exact) mass is 425 g/mol. The van der Waals surface area contributed by atoms with Gasteiger partial charge in [0.15, 0.2) is 0 Å². The molecule has 29 heavy (non-hydrogen) atoms. The number of nitrogens with zero attached hydrogens (tertiary/aromatic N) is 5. The molecule has 0 aromatic carbocycles. The van der Waals surface area contributed by atoms with E-state index in [0.717, 1.165) is 57.7 Å². The Morgan fingerprint density at radius 2 is 2.14 bits per heavy atom. The van der Waals surface area contributed by atoms with Crippen LogP contribution in [-0.2, 0) is 11.5 Å². The molecule has 0 bridgehead atoms. The third-order valence-corrected chi connectivity index (χ3v) is 7.34. The van der Waals surface area contributed by atoms with E-state index in [4.69, 9.17) is 10.00 Å². The zero-order valence-corrected chi connectivity index (χ0v) is 19.3. The minimum absolute atomic E-state index is 0.490. The number of allylic oxidation sites excluding steroid dienone is 2. The second-order valence-corrected chi connectivity index (χ2v) is 14.8. The summed E-state index contributed by atoms with van der Waals surface area (Å²) in [6.45, 7) is 10.4. The first kappa shape index (κ1) is 21.4. The van der Waals surface area contributed by atoms with Crippen LogP contribution in [0.25, 0.3) is 27.2 Å². The largest absolute Gasteiger partial charge is 0.361 e. The highest BCUT2D eigenvalue weighted by atomic mass is 32.1. The number of thiazole rings is 1. The lowest BCUT2D eigenvalue weighted by atomic mass is 10.1. The molecule has 0 amide bonds. The van der Waals surface area contributed by atoms with Gasteiger partial charge in [0, 0.05) is 38.5 Å². The maximum Gasteiger partial charge on any atom is 0.145 e. The number of rotatable bonds is 9. The van der Waals surface area contributed by atoms with Gasteiger partial charge in [0.05, 0.1) is 16.6 Å². The van der Waals surface area contributed by atoms with Crippen molar-refractivity contribution in [1.29, 1.82) is 5.26 Å². The van der Waals surface area contributed by atoms with E-state index < -0.39 is 8.07 Å². The number of hydrogen-bond donors (Lipinski definition) is 0. The van der Waals surface area contributed by atoms with E-state index in [1.54, 1.807) is 23.7 Å². The van der Waals surface area contributed by atoms with Crippen molar-refractivity contribution < 1.29 is 4.74 Å². The highest BCUT2D eigenvalue weighted by Crippen LogP contribution is 2.33. The molecule has 152 valence electrons. The quantitative estimate of drug-likeness (QED) is 0.254.